The lowest BCUT2D eigenvalue weighted by molar-refractivity contribution is -0.139. The third-order valence-corrected chi connectivity index (χ3v) is 8.40. The maximum absolute atomic E-state index is 11.6. The molecule has 0 saturated heterocycles. The van der Waals surface area contributed by atoms with Crippen molar-refractivity contribution in [2.45, 2.75) is 32.2 Å². The van der Waals surface area contributed by atoms with Gasteiger partial charge in [0.25, 0.3) is 0 Å². The van der Waals surface area contributed by atoms with Crippen LogP contribution in [0.4, 0.5) is 0 Å². The molecular weight excluding hydrogens is 392 g/mol. The van der Waals surface area contributed by atoms with Gasteiger partial charge in [0.1, 0.15) is 20.3 Å². The molecule has 0 heterocycles. The van der Waals surface area contributed by atoms with Gasteiger partial charge in [-0.1, -0.05) is 80.6 Å². The van der Waals surface area contributed by atoms with Crippen LogP contribution in [0.5, 0.6) is 11.5 Å². The van der Waals surface area contributed by atoms with E-state index in [-0.39, 0.29) is 23.0 Å². The molecule has 0 aliphatic rings. The molecule has 0 fully saturated rings. The van der Waals surface area contributed by atoms with Gasteiger partial charge in [0, 0.05) is 0 Å². The highest BCUT2D eigenvalue weighted by Crippen LogP contribution is 2.39. The second-order valence-electron chi connectivity index (χ2n) is 8.30. The number of esters is 1. The Morgan fingerprint density at radius 3 is 2.07 bits per heavy atom. The Kier molecular flexibility index (Phi) is 6.32. The molecule has 0 aliphatic carbocycles. The van der Waals surface area contributed by atoms with Crippen LogP contribution in [-0.2, 0) is 16.0 Å². The Labute approximate surface area is 179 Å². The fourth-order valence-corrected chi connectivity index (χ4v) is 7.05. The molecule has 155 valence electrons. The van der Waals surface area contributed by atoms with E-state index in [2.05, 4.69) is 43.7 Å². The van der Waals surface area contributed by atoms with Crippen LogP contribution in [0.3, 0.4) is 0 Å². The largest absolute Gasteiger partial charge is 0.507 e. The number of ether oxygens (including phenoxy) is 1. The predicted molar refractivity (Wildman–Crippen MR) is 122 cm³/mol. The zero-order valence-electron chi connectivity index (χ0n) is 17.8. The molecule has 1 radical (unpaired) electrons. The molecule has 3 aromatic rings. The van der Waals surface area contributed by atoms with E-state index in [1.54, 1.807) is 0 Å². The van der Waals surface area contributed by atoms with E-state index in [0.29, 0.717) is 11.1 Å². The molecule has 0 atom stereocenters. The zero-order valence-corrected chi connectivity index (χ0v) is 18.8. The van der Waals surface area contributed by atoms with Crippen molar-refractivity contribution in [2.75, 3.05) is 7.11 Å². The van der Waals surface area contributed by atoms with Gasteiger partial charge in [-0.25, -0.2) is 0 Å². The first-order valence-corrected chi connectivity index (χ1v) is 11.4. The van der Waals surface area contributed by atoms with Gasteiger partial charge in [-0.3, -0.25) is 4.79 Å². The number of hydrogen-bond acceptors (Lipinski definition) is 4. The smallest absolute Gasteiger partial charge is 0.309 e. The van der Waals surface area contributed by atoms with Crippen molar-refractivity contribution in [3.05, 3.63) is 72.3 Å². The Morgan fingerprint density at radius 1 is 0.933 bits per heavy atom. The Morgan fingerprint density at radius 2 is 1.50 bits per heavy atom. The van der Waals surface area contributed by atoms with Gasteiger partial charge in [0.05, 0.1) is 19.1 Å². The van der Waals surface area contributed by atoms with Crippen LogP contribution in [0.25, 0.3) is 11.1 Å². The number of phenolic OH excluding ortho intramolecular Hbond substituents is 2. The standard InChI is InChI=1S/C25H27O4Si/c1-25(2,3)30(18-10-6-5-7-11-18)22-13-9-8-12-19(22)24-20(26)14-17(15-21(24)27)16-23(28)29-4/h5-15,26-27H,16H2,1-4H3. The minimum absolute atomic E-state index is 0.00180. The topological polar surface area (TPSA) is 66.8 Å². The van der Waals surface area contributed by atoms with E-state index in [0.717, 1.165) is 10.8 Å². The Balaban J connectivity index is 2.17. The highest BCUT2D eigenvalue weighted by molar-refractivity contribution is 6.88. The maximum atomic E-state index is 11.6. The van der Waals surface area contributed by atoms with Gasteiger partial charge in [-0.15, -0.1) is 0 Å². The average molecular weight is 420 g/mol. The number of aromatic hydroxyl groups is 2. The average Bonchev–Trinajstić information content (AvgIpc) is 2.68. The first kappa shape index (κ1) is 21.7. The molecule has 0 saturated carbocycles. The first-order valence-electron chi connectivity index (χ1n) is 9.86. The van der Waals surface area contributed by atoms with Gasteiger partial charge in [0.2, 0.25) is 0 Å². The summed E-state index contributed by atoms with van der Waals surface area (Å²) in [7, 11) is 0.0578. The molecule has 0 unspecified atom stereocenters. The number of carbonyl (C=O) groups is 1. The summed E-state index contributed by atoms with van der Waals surface area (Å²) in [6.07, 6.45) is -0.0133. The number of hydrogen-bond donors (Lipinski definition) is 2. The first-order chi connectivity index (χ1) is 14.2. The monoisotopic (exact) mass is 419 g/mol. The van der Waals surface area contributed by atoms with Crippen molar-refractivity contribution < 1.29 is 19.7 Å². The van der Waals surface area contributed by atoms with E-state index in [9.17, 15) is 15.0 Å². The summed E-state index contributed by atoms with van der Waals surface area (Å²) in [5.41, 5.74) is 1.70. The molecule has 0 amide bonds. The van der Waals surface area contributed by atoms with Crippen molar-refractivity contribution in [1.82, 2.24) is 0 Å². The van der Waals surface area contributed by atoms with E-state index in [1.165, 1.54) is 24.4 Å². The molecule has 0 aliphatic heterocycles. The lowest BCUT2D eigenvalue weighted by Gasteiger charge is -2.31. The van der Waals surface area contributed by atoms with Gasteiger partial charge in [-0.2, -0.15) is 0 Å². The number of carbonyl (C=O) groups excluding carboxylic acids is 1. The quantitative estimate of drug-likeness (QED) is 0.486. The molecule has 3 aromatic carbocycles. The summed E-state index contributed by atoms with van der Waals surface area (Å²) in [5.74, 6) is -0.529. The van der Waals surface area contributed by atoms with Crippen LogP contribution in [-0.4, -0.2) is 32.1 Å². The van der Waals surface area contributed by atoms with Crippen LogP contribution in [0.1, 0.15) is 26.3 Å². The number of phenols is 2. The van der Waals surface area contributed by atoms with Gasteiger partial charge < -0.3 is 14.9 Å². The van der Waals surface area contributed by atoms with Crippen molar-refractivity contribution in [3.8, 4) is 22.6 Å². The molecule has 3 rings (SSSR count). The highest BCUT2D eigenvalue weighted by Gasteiger charge is 2.33. The molecule has 5 heteroatoms. The van der Waals surface area contributed by atoms with Crippen LogP contribution in [0, 0.1) is 0 Å². The zero-order chi connectivity index (χ0) is 21.9. The van der Waals surface area contributed by atoms with Crippen molar-refractivity contribution in [1.29, 1.82) is 0 Å². The third kappa shape index (κ3) is 4.57. The summed E-state index contributed by atoms with van der Waals surface area (Å²) in [6.45, 7) is 6.68. The van der Waals surface area contributed by atoms with E-state index in [1.807, 2.05) is 36.4 Å². The molecule has 0 bridgehead atoms. The van der Waals surface area contributed by atoms with Gasteiger partial charge >= 0.3 is 5.97 Å². The second-order valence-corrected chi connectivity index (χ2v) is 11.7. The van der Waals surface area contributed by atoms with Crippen LogP contribution in [0.15, 0.2) is 66.7 Å². The second kappa shape index (κ2) is 8.75. The maximum Gasteiger partial charge on any atom is 0.309 e. The van der Waals surface area contributed by atoms with Gasteiger partial charge in [-0.05, 0) is 33.5 Å². The Bertz CT molecular complexity index is 1020. The molecule has 0 aromatic heterocycles. The van der Waals surface area contributed by atoms with E-state index >= 15 is 0 Å². The van der Waals surface area contributed by atoms with E-state index < -0.39 is 14.8 Å². The fourth-order valence-electron chi connectivity index (χ4n) is 3.80. The SMILES string of the molecule is COC(=O)Cc1cc(O)c(-c2ccccc2[Si](c2ccccc2)C(C)(C)C)c(O)c1. The highest BCUT2D eigenvalue weighted by atomic mass is 28.3. The van der Waals surface area contributed by atoms with Crippen molar-refractivity contribution in [2.24, 2.45) is 0 Å². The molecule has 0 spiro atoms. The summed E-state index contributed by atoms with van der Waals surface area (Å²) in [6, 6.07) is 21.4. The molecule has 2 N–H and O–H groups in total. The predicted octanol–water partition coefficient (Wildman–Crippen LogP) is 3.89. The van der Waals surface area contributed by atoms with Crippen LogP contribution >= 0.6 is 0 Å². The van der Waals surface area contributed by atoms with Crippen LogP contribution in [0.2, 0.25) is 5.04 Å². The Hall–Kier alpha value is -3.05. The number of methoxy groups -OCH3 is 1. The summed E-state index contributed by atoms with van der Waals surface area (Å²) in [5, 5.41) is 24.0. The molecule has 30 heavy (non-hydrogen) atoms. The molecular formula is C25H27O4Si. The minimum atomic E-state index is -1.25. The number of benzene rings is 3. The lowest BCUT2D eigenvalue weighted by Crippen LogP contribution is -2.49. The minimum Gasteiger partial charge on any atom is -0.507 e. The normalized spacial score (nSPS) is 11.5. The third-order valence-electron chi connectivity index (χ3n) is 5.01. The van der Waals surface area contributed by atoms with E-state index in [4.69, 9.17) is 0 Å². The van der Waals surface area contributed by atoms with Crippen molar-refractivity contribution in [3.63, 3.8) is 0 Å². The summed E-state index contributed by atoms with van der Waals surface area (Å²) >= 11 is 0. The fraction of sp³-hybridized carbons (Fsp3) is 0.240. The molecule has 4 nitrogen and oxygen atoms in total. The van der Waals surface area contributed by atoms with Crippen molar-refractivity contribution >= 4 is 25.1 Å². The van der Waals surface area contributed by atoms with Crippen LogP contribution < -0.4 is 10.4 Å². The summed E-state index contributed by atoms with van der Waals surface area (Å²) in [4.78, 5) is 11.6. The van der Waals surface area contributed by atoms with Gasteiger partial charge in [0.15, 0.2) is 0 Å². The lowest BCUT2D eigenvalue weighted by atomic mass is 10.00. The summed E-state index contributed by atoms with van der Waals surface area (Å²) < 4.78 is 4.69. The number of rotatable bonds is 5.